The molecule has 5 atom stereocenters. The largest absolute Gasteiger partial charge is 0.455 e. The third-order valence-corrected chi connectivity index (χ3v) is 7.07. The SMILES string of the molecule is CC1=C[C@H](C[C@@H](C)[C@H]2CCC3/C(=C/Br)CCC[C@@]32C)OC1=O. The average molecular weight is 367 g/mol. The van der Waals surface area contributed by atoms with Crippen LogP contribution in [0.25, 0.3) is 0 Å². The van der Waals surface area contributed by atoms with Crippen LogP contribution in [0.2, 0.25) is 0 Å². The Hall–Kier alpha value is -0.570. The molecular weight excluding hydrogens is 340 g/mol. The van der Waals surface area contributed by atoms with Crippen molar-refractivity contribution in [1.29, 1.82) is 0 Å². The normalized spacial score (nSPS) is 41.3. The Morgan fingerprint density at radius 1 is 1.50 bits per heavy atom. The van der Waals surface area contributed by atoms with Gasteiger partial charge in [-0.1, -0.05) is 35.4 Å². The van der Waals surface area contributed by atoms with Gasteiger partial charge in [0.1, 0.15) is 6.10 Å². The molecule has 3 heteroatoms. The summed E-state index contributed by atoms with van der Waals surface area (Å²) in [6, 6.07) is 0. The summed E-state index contributed by atoms with van der Waals surface area (Å²) in [5.74, 6) is 1.96. The highest BCUT2D eigenvalue weighted by molar-refractivity contribution is 9.11. The molecule has 2 fully saturated rings. The quantitative estimate of drug-likeness (QED) is 0.626. The third kappa shape index (κ3) is 2.70. The predicted molar refractivity (Wildman–Crippen MR) is 92.6 cm³/mol. The molecule has 122 valence electrons. The van der Waals surface area contributed by atoms with Gasteiger partial charge in [0.15, 0.2) is 0 Å². The Kier molecular flexibility index (Phi) is 4.55. The van der Waals surface area contributed by atoms with Crippen molar-refractivity contribution >= 4 is 21.9 Å². The Morgan fingerprint density at radius 2 is 2.27 bits per heavy atom. The van der Waals surface area contributed by atoms with Gasteiger partial charge < -0.3 is 4.74 Å². The van der Waals surface area contributed by atoms with Crippen molar-refractivity contribution < 1.29 is 9.53 Å². The van der Waals surface area contributed by atoms with Crippen molar-refractivity contribution in [3.8, 4) is 0 Å². The smallest absolute Gasteiger partial charge is 0.334 e. The van der Waals surface area contributed by atoms with E-state index in [-0.39, 0.29) is 12.1 Å². The molecule has 3 rings (SSSR count). The second kappa shape index (κ2) is 6.14. The highest BCUT2D eigenvalue weighted by atomic mass is 79.9. The van der Waals surface area contributed by atoms with Crippen LogP contribution >= 0.6 is 15.9 Å². The fourth-order valence-corrected chi connectivity index (χ4v) is 5.95. The van der Waals surface area contributed by atoms with Gasteiger partial charge in [-0.15, -0.1) is 0 Å². The molecule has 3 aliphatic rings. The van der Waals surface area contributed by atoms with E-state index in [1.165, 1.54) is 32.1 Å². The first-order chi connectivity index (χ1) is 10.5. The molecule has 2 aliphatic carbocycles. The van der Waals surface area contributed by atoms with E-state index in [1.54, 1.807) is 5.57 Å². The van der Waals surface area contributed by atoms with E-state index in [0.29, 0.717) is 11.3 Å². The number of fused-ring (bicyclic) bond motifs is 1. The lowest BCUT2D eigenvalue weighted by atomic mass is 9.61. The van der Waals surface area contributed by atoms with Crippen LogP contribution in [0.15, 0.2) is 22.2 Å². The number of rotatable bonds is 3. The maximum absolute atomic E-state index is 11.6. The van der Waals surface area contributed by atoms with Gasteiger partial charge in [-0.25, -0.2) is 4.79 Å². The standard InChI is InChI=1S/C19H27BrO2/c1-12(9-15-10-13(2)18(21)22-15)16-6-7-17-14(11-20)5-4-8-19(16,17)3/h10-12,15-17H,4-9H2,1-3H3/b14-11+/t12-,15+,16-,17?,19-/m1/s1. The monoisotopic (exact) mass is 366 g/mol. The van der Waals surface area contributed by atoms with E-state index < -0.39 is 0 Å². The number of cyclic esters (lactones) is 1. The van der Waals surface area contributed by atoms with Crippen LogP contribution in [0, 0.1) is 23.2 Å². The van der Waals surface area contributed by atoms with E-state index in [9.17, 15) is 4.79 Å². The molecule has 0 bridgehead atoms. The summed E-state index contributed by atoms with van der Waals surface area (Å²) in [5, 5.41) is 0. The van der Waals surface area contributed by atoms with Gasteiger partial charge in [-0.3, -0.25) is 0 Å². The molecule has 22 heavy (non-hydrogen) atoms. The fourth-order valence-electron chi connectivity index (χ4n) is 5.40. The van der Waals surface area contributed by atoms with Gasteiger partial charge >= 0.3 is 5.97 Å². The Labute approximate surface area is 142 Å². The molecule has 2 nitrogen and oxygen atoms in total. The Morgan fingerprint density at radius 3 is 2.91 bits per heavy atom. The minimum Gasteiger partial charge on any atom is -0.455 e. The van der Waals surface area contributed by atoms with Gasteiger partial charge in [-0.05, 0) is 79.7 Å². The van der Waals surface area contributed by atoms with Crippen molar-refractivity contribution in [2.75, 3.05) is 0 Å². The number of halogens is 1. The van der Waals surface area contributed by atoms with Crippen molar-refractivity contribution in [3.63, 3.8) is 0 Å². The first kappa shape index (κ1) is 16.3. The van der Waals surface area contributed by atoms with Gasteiger partial charge in [0.25, 0.3) is 0 Å². The van der Waals surface area contributed by atoms with E-state index in [0.717, 1.165) is 23.8 Å². The molecule has 1 unspecified atom stereocenters. The van der Waals surface area contributed by atoms with Crippen LogP contribution < -0.4 is 0 Å². The van der Waals surface area contributed by atoms with Crippen molar-refractivity contribution in [2.24, 2.45) is 23.2 Å². The highest BCUT2D eigenvalue weighted by Crippen LogP contribution is 2.60. The van der Waals surface area contributed by atoms with Crippen LogP contribution in [0.4, 0.5) is 0 Å². The van der Waals surface area contributed by atoms with Crippen LogP contribution in [0.3, 0.4) is 0 Å². The summed E-state index contributed by atoms with van der Waals surface area (Å²) in [5.41, 5.74) is 2.82. The molecule has 0 spiro atoms. The summed E-state index contributed by atoms with van der Waals surface area (Å²) in [7, 11) is 0. The topological polar surface area (TPSA) is 26.3 Å². The molecule has 0 N–H and O–H groups in total. The predicted octanol–water partition coefficient (Wildman–Crippen LogP) is 5.38. The number of ether oxygens (including phenoxy) is 1. The molecule has 0 aromatic carbocycles. The van der Waals surface area contributed by atoms with E-state index in [4.69, 9.17) is 4.74 Å². The zero-order chi connectivity index (χ0) is 15.9. The number of allylic oxidation sites excluding steroid dienone is 1. The minimum atomic E-state index is -0.130. The molecule has 2 saturated carbocycles. The van der Waals surface area contributed by atoms with Gasteiger partial charge in [-0.2, -0.15) is 0 Å². The molecule has 0 aromatic rings. The van der Waals surface area contributed by atoms with Gasteiger partial charge in [0.2, 0.25) is 0 Å². The molecule has 0 radical (unpaired) electrons. The van der Waals surface area contributed by atoms with Crippen LogP contribution in [0.1, 0.15) is 59.3 Å². The van der Waals surface area contributed by atoms with Gasteiger partial charge in [0.05, 0.1) is 0 Å². The summed E-state index contributed by atoms with van der Waals surface area (Å²) in [6.07, 6.45) is 9.54. The minimum absolute atomic E-state index is 0.0000665. The number of hydrogen-bond acceptors (Lipinski definition) is 2. The van der Waals surface area contributed by atoms with Crippen molar-refractivity contribution in [1.82, 2.24) is 0 Å². The summed E-state index contributed by atoms with van der Waals surface area (Å²) >= 11 is 3.59. The second-order valence-corrected chi connectivity index (χ2v) is 8.24. The lowest BCUT2D eigenvalue weighted by Crippen LogP contribution is -2.36. The van der Waals surface area contributed by atoms with Crippen LogP contribution in [-0.2, 0) is 9.53 Å². The lowest BCUT2D eigenvalue weighted by Gasteiger charge is -2.44. The lowest BCUT2D eigenvalue weighted by molar-refractivity contribution is -0.140. The molecular formula is C19H27BrO2. The third-order valence-electron chi connectivity index (χ3n) is 6.49. The molecule has 1 aliphatic heterocycles. The van der Waals surface area contributed by atoms with E-state index in [2.05, 4.69) is 34.8 Å². The Balaban J connectivity index is 1.71. The molecule has 0 aromatic heterocycles. The summed E-state index contributed by atoms with van der Waals surface area (Å²) in [6.45, 7) is 6.72. The van der Waals surface area contributed by atoms with Crippen LogP contribution in [-0.4, -0.2) is 12.1 Å². The summed E-state index contributed by atoms with van der Waals surface area (Å²) in [4.78, 5) is 13.7. The zero-order valence-electron chi connectivity index (χ0n) is 13.9. The fraction of sp³-hybridized carbons (Fsp3) is 0.737. The number of carbonyl (C=O) groups is 1. The van der Waals surface area contributed by atoms with Crippen molar-refractivity contribution in [3.05, 3.63) is 22.2 Å². The number of esters is 1. The van der Waals surface area contributed by atoms with E-state index >= 15 is 0 Å². The average Bonchev–Trinajstić information content (AvgIpc) is 2.98. The van der Waals surface area contributed by atoms with Gasteiger partial charge in [0, 0.05) is 5.57 Å². The second-order valence-electron chi connectivity index (χ2n) is 7.79. The first-order valence-electron chi connectivity index (χ1n) is 8.64. The number of hydrogen-bond donors (Lipinski definition) is 0. The summed E-state index contributed by atoms with van der Waals surface area (Å²) < 4.78 is 5.46. The molecule has 0 amide bonds. The van der Waals surface area contributed by atoms with Crippen LogP contribution in [0.5, 0.6) is 0 Å². The maximum atomic E-state index is 11.6. The Bertz CT molecular complexity index is 522. The highest BCUT2D eigenvalue weighted by Gasteiger charge is 2.50. The first-order valence-corrected chi connectivity index (χ1v) is 9.56. The zero-order valence-corrected chi connectivity index (χ0v) is 15.5. The molecule has 0 saturated heterocycles. The van der Waals surface area contributed by atoms with Crippen molar-refractivity contribution in [2.45, 2.75) is 65.4 Å². The number of carbonyl (C=O) groups excluding carboxylic acids is 1. The van der Waals surface area contributed by atoms with E-state index in [1.807, 2.05) is 13.0 Å². The maximum Gasteiger partial charge on any atom is 0.334 e. The molecule has 1 heterocycles.